The molecule has 0 aromatic heterocycles. The Labute approximate surface area is 94.1 Å². The molecule has 0 atom stereocenters. The number of carboxylic acid groups (broad SMARTS) is 1. The topological polar surface area (TPSA) is 49.3 Å². The zero-order valence-electron chi connectivity index (χ0n) is 8.75. The lowest BCUT2D eigenvalue weighted by molar-refractivity contribution is -0.146. The van der Waals surface area contributed by atoms with Crippen LogP contribution in [0, 0.1) is 5.41 Å². The van der Waals surface area contributed by atoms with E-state index in [9.17, 15) is 4.79 Å². The molecule has 0 heterocycles. The molecule has 82 valence electrons. The molecule has 0 amide bonds. The number of aliphatic carboxylic acids is 1. The van der Waals surface area contributed by atoms with E-state index in [4.69, 9.17) is 16.7 Å². The van der Waals surface area contributed by atoms with E-state index in [2.05, 4.69) is 5.32 Å². The Bertz CT molecular complexity index is 363. The van der Waals surface area contributed by atoms with Crippen molar-refractivity contribution in [1.82, 2.24) is 0 Å². The second-order valence-corrected chi connectivity index (χ2v) is 4.49. The number of halogens is 1. The van der Waals surface area contributed by atoms with Gasteiger partial charge in [-0.25, -0.2) is 0 Å². The summed E-state index contributed by atoms with van der Waals surface area (Å²) in [5.41, 5.74) is 0.0410. The zero-order valence-corrected chi connectivity index (χ0v) is 9.51. The van der Waals surface area contributed by atoms with Crippen LogP contribution in [0.1, 0.15) is 13.8 Å². The van der Waals surface area contributed by atoms with Crippen molar-refractivity contribution in [3.63, 3.8) is 0 Å². The average molecular weight is 228 g/mol. The van der Waals surface area contributed by atoms with Crippen molar-refractivity contribution in [1.29, 1.82) is 0 Å². The lowest BCUT2D eigenvalue weighted by atomic mass is 9.94. The smallest absolute Gasteiger partial charge is 0.310 e. The molecule has 1 aromatic carbocycles. The van der Waals surface area contributed by atoms with Gasteiger partial charge in [0.1, 0.15) is 0 Å². The third kappa shape index (κ3) is 3.44. The SMILES string of the molecule is CC(C)(CNc1cccc(Cl)c1)C(=O)O. The molecule has 0 bridgehead atoms. The Balaban J connectivity index is 2.61. The molecule has 1 rings (SSSR count). The predicted molar refractivity (Wildman–Crippen MR) is 61.4 cm³/mol. The highest BCUT2D eigenvalue weighted by molar-refractivity contribution is 6.30. The fourth-order valence-corrected chi connectivity index (χ4v) is 1.19. The standard InChI is InChI=1S/C11H14ClNO2/c1-11(2,10(14)15)7-13-9-5-3-4-8(12)6-9/h3-6,13H,7H2,1-2H3,(H,14,15). The quantitative estimate of drug-likeness (QED) is 0.832. The van der Waals surface area contributed by atoms with Crippen LogP contribution in [0.25, 0.3) is 0 Å². The maximum absolute atomic E-state index is 10.8. The molecule has 0 fully saturated rings. The minimum atomic E-state index is -0.822. The van der Waals surface area contributed by atoms with Crippen molar-refractivity contribution in [3.8, 4) is 0 Å². The van der Waals surface area contributed by atoms with Crippen LogP contribution in [0.5, 0.6) is 0 Å². The van der Waals surface area contributed by atoms with Crippen molar-refractivity contribution in [2.45, 2.75) is 13.8 Å². The van der Waals surface area contributed by atoms with Gasteiger partial charge >= 0.3 is 5.97 Å². The van der Waals surface area contributed by atoms with E-state index in [0.29, 0.717) is 11.6 Å². The molecule has 0 aliphatic carbocycles. The molecule has 0 unspecified atom stereocenters. The van der Waals surface area contributed by atoms with Crippen LogP contribution in [0.2, 0.25) is 5.02 Å². The largest absolute Gasteiger partial charge is 0.481 e. The number of hydrogen-bond acceptors (Lipinski definition) is 2. The summed E-state index contributed by atoms with van der Waals surface area (Å²) in [5.74, 6) is -0.822. The van der Waals surface area contributed by atoms with Crippen LogP contribution in [0.15, 0.2) is 24.3 Å². The van der Waals surface area contributed by atoms with Gasteiger partial charge in [-0.1, -0.05) is 17.7 Å². The van der Waals surface area contributed by atoms with E-state index in [1.165, 1.54) is 0 Å². The van der Waals surface area contributed by atoms with E-state index >= 15 is 0 Å². The minimum Gasteiger partial charge on any atom is -0.481 e. The highest BCUT2D eigenvalue weighted by Crippen LogP contribution is 2.19. The van der Waals surface area contributed by atoms with Crippen LogP contribution in [0.4, 0.5) is 5.69 Å². The molecule has 2 N–H and O–H groups in total. The average Bonchev–Trinajstić information content (AvgIpc) is 2.15. The number of benzene rings is 1. The van der Waals surface area contributed by atoms with Crippen molar-refractivity contribution < 1.29 is 9.90 Å². The lowest BCUT2D eigenvalue weighted by Gasteiger charge is -2.20. The van der Waals surface area contributed by atoms with Crippen molar-refractivity contribution >= 4 is 23.3 Å². The second-order valence-electron chi connectivity index (χ2n) is 4.05. The number of carboxylic acids is 1. The van der Waals surface area contributed by atoms with Gasteiger partial charge in [-0.3, -0.25) is 4.79 Å². The lowest BCUT2D eigenvalue weighted by Crippen LogP contribution is -2.31. The van der Waals surface area contributed by atoms with Gasteiger partial charge in [0.25, 0.3) is 0 Å². The van der Waals surface area contributed by atoms with Gasteiger partial charge in [-0.15, -0.1) is 0 Å². The first-order valence-electron chi connectivity index (χ1n) is 4.65. The number of hydrogen-bond donors (Lipinski definition) is 2. The Morgan fingerprint density at radius 1 is 1.53 bits per heavy atom. The Kier molecular flexibility index (Phi) is 3.58. The highest BCUT2D eigenvalue weighted by Gasteiger charge is 2.26. The number of carbonyl (C=O) groups is 1. The van der Waals surface area contributed by atoms with Gasteiger partial charge in [-0.05, 0) is 32.0 Å². The highest BCUT2D eigenvalue weighted by atomic mass is 35.5. The third-order valence-corrected chi connectivity index (χ3v) is 2.37. The van der Waals surface area contributed by atoms with E-state index in [0.717, 1.165) is 5.69 Å². The molecule has 0 aliphatic heterocycles. The monoisotopic (exact) mass is 227 g/mol. The van der Waals surface area contributed by atoms with E-state index in [-0.39, 0.29) is 0 Å². The summed E-state index contributed by atoms with van der Waals surface area (Å²) in [6, 6.07) is 7.21. The van der Waals surface area contributed by atoms with Crippen LogP contribution in [-0.4, -0.2) is 17.6 Å². The molecular formula is C11H14ClNO2. The summed E-state index contributed by atoms with van der Waals surface area (Å²) in [6.07, 6.45) is 0. The molecule has 0 saturated heterocycles. The van der Waals surface area contributed by atoms with Crippen LogP contribution < -0.4 is 5.32 Å². The second kappa shape index (κ2) is 4.53. The van der Waals surface area contributed by atoms with Gasteiger partial charge in [0, 0.05) is 17.3 Å². The summed E-state index contributed by atoms with van der Waals surface area (Å²) in [6.45, 7) is 3.71. The summed E-state index contributed by atoms with van der Waals surface area (Å²) in [7, 11) is 0. The summed E-state index contributed by atoms with van der Waals surface area (Å²) in [4.78, 5) is 10.8. The Morgan fingerprint density at radius 2 is 2.20 bits per heavy atom. The first-order valence-corrected chi connectivity index (χ1v) is 5.02. The normalized spacial score (nSPS) is 11.1. The fraction of sp³-hybridized carbons (Fsp3) is 0.364. The maximum atomic E-state index is 10.8. The minimum absolute atomic E-state index is 0.364. The fourth-order valence-electron chi connectivity index (χ4n) is 0.997. The summed E-state index contributed by atoms with van der Waals surface area (Å²) in [5, 5.41) is 12.6. The number of rotatable bonds is 4. The van der Waals surface area contributed by atoms with E-state index in [1.54, 1.807) is 26.0 Å². The summed E-state index contributed by atoms with van der Waals surface area (Å²) >= 11 is 5.80. The Hall–Kier alpha value is -1.22. The van der Waals surface area contributed by atoms with E-state index < -0.39 is 11.4 Å². The van der Waals surface area contributed by atoms with Crippen LogP contribution in [-0.2, 0) is 4.79 Å². The van der Waals surface area contributed by atoms with Gasteiger partial charge in [0.05, 0.1) is 5.41 Å². The molecule has 0 aliphatic rings. The zero-order chi connectivity index (χ0) is 11.5. The van der Waals surface area contributed by atoms with Crippen molar-refractivity contribution in [3.05, 3.63) is 29.3 Å². The van der Waals surface area contributed by atoms with Gasteiger partial charge in [-0.2, -0.15) is 0 Å². The number of nitrogens with one attached hydrogen (secondary N) is 1. The predicted octanol–water partition coefficient (Wildman–Crippen LogP) is 2.86. The molecular weight excluding hydrogens is 214 g/mol. The van der Waals surface area contributed by atoms with Crippen LogP contribution >= 0.6 is 11.6 Å². The Morgan fingerprint density at radius 3 is 2.73 bits per heavy atom. The molecule has 1 aromatic rings. The first-order chi connectivity index (χ1) is 6.92. The van der Waals surface area contributed by atoms with Gasteiger partial charge in [0.2, 0.25) is 0 Å². The molecule has 0 spiro atoms. The van der Waals surface area contributed by atoms with Gasteiger partial charge < -0.3 is 10.4 Å². The summed E-state index contributed by atoms with van der Waals surface area (Å²) < 4.78 is 0. The van der Waals surface area contributed by atoms with Crippen LogP contribution in [0.3, 0.4) is 0 Å². The third-order valence-electron chi connectivity index (χ3n) is 2.14. The first kappa shape index (κ1) is 11.9. The molecule has 3 nitrogen and oxygen atoms in total. The van der Waals surface area contributed by atoms with E-state index in [1.807, 2.05) is 12.1 Å². The van der Waals surface area contributed by atoms with Gasteiger partial charge in [0.15, 0.2) is 0 Å². The maximum Gasteiger partial charge on any atom is 0.310 e. The van der Waals surface area contributed by atoms with Crippen molar-refractivity contribution in [2.24, 2.45) is 5.41 Å². The molecule has 15 heavy (non-hydrogen) atoms. The van der Waals surface area contributed by atoms with Crippen molar-refractivity contribution in [2.75, 3.05) is 11.9 Å². The molecule has 0 saturated carbocycles. The molecule has 4 heteroatoms. The molecule has 0 radical (unpaired) electrons. The number of anilines is 1.